The zero-order chi connectivity index (χ0) is 15.5. The molecule has 0 radical (unpaired) electrons. The summed E-state index contributed by atoms with van der Waals surface area (Å²) in [4.78, 5) is 15.7. The molecule has 1 aromatic heterocycles. The fourth-order valence-corrected chi connectivity index (χ4v) is 1.56. The number of carbonyl (C=O) groups is 1. The van der Waals surface area contributed by atoms with Crippen molar-refractivity contribution in [2.45, 2.75) is 6.18 Å². The number of nitrogens with zero attached hydrogens (tertiary/aromatic N) is 2. The first-order chi connectivity index (χ1) is 9.90. The number of benzene rings is 1. The maximum absolute atomic E-state index is 12.6. The summed E-state index contributed by atoms with van der Waals surface area (Å²) in [5.41, 5.74) is -0.717. The van der Waals surface area contributed by atoms with Gasteiger partial charge in [-0.25, -0.2) is 4.98 Å². The Hall–Kier alpha value is -2.88. The number of aromatic nitrogens is 1. The lowest BCUT2D eigenvalue weighted by Gasteiger charge is -2.09. The number of hydrogen-bond acceptors (Lipinski definition) is 3. The molecule has 106 valence electrons. The fourth-order valence-electron chi connectivity index (χ4n) is 1.56. The number of pyridine rings is 1. The number of rotatable bonds is 2. The van der Waals surface area contributed by atoms with Crippen LogP contribution in [0.15, 0.2) is 42.6 Å². The fraction of sp³-hybridized carbons (Fsp3) is 0.0714. The lowest BCUT2D eigenvalue weighted by molar-refractivity contribution is -0.137. The third kappa shape index (κ3) is 3.57. The van der Waals surface area contributed by atoms with Crippen molar-refractivity contribution in [2.24, 2.45) is 0 Å². The average Bonchev–Trinajstić information content (AvgIpc) is 2.47. The van der Waals surface area contributed by atoms with Gasteiger partial charge in [0.15, 0.2) is 0 Å². The Morgan fingerprint density at radius 1 is 1.24 bits per heavy atom. The molecule has 2 aromatic rings. The smallest absolute Gasteiger partial charge is 0.307 e. The summed E-state index contributed by atoms with van der Waals surface area (Å²) >= 11 is 0. The second kappa shape index (κ2) is 5.63. The SMILES string of the molecule is N#Cc1ccc(NC(=O)c2cccc(C(F)(F)F)c2)nc1. The second-order valence-corrected chi connectivity index (χ2v) is 4.08. The number of halogens is 3. The molecule has 1 heterocycles. The number of amides is 1. The van der Waals surface area contributed by atoms with Gasteiger partial charge in [0.05, 0.1) is 11.1 Å². The zero-order valence-electron chi connectivity index (χ0n) is 10.5. The minimum absolute atomic E-state index is 0.129. The predicted octanol–water partition coefficient (Wildman–Crippen LogP) is 3.22. The van der Waals surface area contributed by atoms with Crippen LogP contribution in [-0.4, -0.2) is 10.9 Å². The molecule has 0 saturated heterocycles. The molecule has 0 atom stereocenters. The molecule has 7 heteroatoms. The first kappa shape index (κ1) is 14.5. The number of alkyl halides is 3. The van der Waals surface area contributed by atoms with Gasteiger partial charge in [-0.2, -0.15) is 18.4 Å². The van der Waals surface area contributed by atoms with Gasteiger partial charge in [-0.05, 0) is 30.3 Å². The van der Waals surface area contributed by atoms with Crippen LogP contribution in [0.5, 0.6) is 0 Å². The predicted molar refractivity (Wildman–Crippen MR) is 68.3 cm³/mol. The molecule has 1 N–H and O–H groups in total. The molecule has 0 aliphatic carbocycles. The van der Waals surface area contributed by atoms with E-state index in [9.17, 15) is 18.0 Å². The van der Waals surface area contributed by atoms with E-state index in [1.165, 1.54) is 24.4 Å². The molecule has 1 aromatic carbocycles. The summed E-state index contributed by atoms with van der Waals surface area (Å²) in [5.74, 6) is -0.560. The Kier molecular flexibility index (Phi) is 3.89. The molecule has 2 rings (SSSR count). The summed E-state index contributed by atoms with van der Waals surface area (Å²) in [6.07, 6.45) is -3.26. The van der Waals surface area contributed by atoms with Gasteiger partial charge in [0.25, 0.3) is 5.91 Å². The Labute approximate surface area is 117 Å². The summed E-state index contributed by atoms with van der Waals surface area (Å²) < 4.78 is 37.7. The van der Waals surface area contributed by atoms with Crippen LogP contribution >= 0.6 is 0 Å². The van der Waals surface area contributed by atoms with Crippen LogP contribution in [0.2, 0.25) is 0 Å². The first-order valence-corrected chi connectivity index (χ1v) is 5.75. The molecule has 0 spiro atoms. The molecule has 0 aliphatic heterocycles. The van der Waals surface area contributed by atoms with Gasteiger partial charge in [-0.3, -0.25) is 4.79 Å². The highest BCUT2D eigenvalue weighted by Gasteiger charge is 2.30. The Morgan fingerprint density at radius 2 is 2.00 bits per heavy atom. The molecule has 0 aliphatic rings. The number of anilines is 1. The van der Waals surface area contributed by atoms with Crippen molar-refractivity contribution in [1.82, 2.24) is 4.98 Å². The van der Waals surface area contributed by atoms with E-state index in [4.69, 9.17) is 5.26 Å². The van der Waals surface area contributed by atoms with Gasteiger partial charge >= 0.3 is 6.18 Å². The summed E-state index contributed by atoms with van der Waals surface area (Å²) in [6, 6.07) is 8.77. The zero-order valence-corrected chi connectivity index (χ0v) is 10.5. The van der Waals surface area contributed by atoms with E-state index in [2.05, 4.69) is 10.3 Å². The van der Waals surface area contributed by atoms with Gasteiger partial charge in [0.2, 0.25) is 0 Å². The molecule has 21 heavy (non-hydrogen) atoms. The molecule has 0 unspecified atom stereocenters. The lowest BCUT2D eigenvalue weighted by Crippen LogP contribution is -2.14. The summed E-state index contributed by atoms with van der Waals surface area (Å²) in [7, 11) is 0. The van der Waals surface area contributed by atoms with E-state index in [1.807, 2.05) is 6.07 Å². The van der Waals surface area contributed by atoms with E-state index >= 15 is 0 Å². The van der Waals surface area contributed by atoms with Crippen LogP contribution in [0.1, 0.15) is 21.5 Å². The number of carbonyl (C=O) groups excluding carboxylic acids is 1. The number of nitrogens with one attached hydrogen (secondary N) is 1. The largest absolute Gasteiger partial charge is 0.416 e. The maximum atomic E-state index is 12.6. The van der Waals surface area contributed by atoms with Crippen LogP contribution in [0, 0.1) is 11.3 Å². The van der Waals surface area contributed by atoms with Crippen LogP contribution in [0.25, 0.3) is 0 Å². The standard InChI is InChI=1S/C14H8F3N3O/c15-14(16,17)11-3-1-2-10(6-11)13(21)20-12-5-4-9(7-18)8-19-12/h1-6,8H,(H,19,20,21). The summed E-state index contributed by atoms with van der Waals surface area (Å²) in [6.45, 7) is 0. The van der Waals surface area contributed by atoms with E-state index in [1.54, 1.807) is 0 Å². The van der Waals surface area contributed by atoms with Gasteiger partial charge in [0.1, 0.15) is 11.9 Å². The average molecular weight is 291 g/mol. The van der Waals surface area contributed by atoms with E-state index in [0.717, 1.165) is 18.2 Å². The lowest BCUT2D eigenvalue weighted by atomic mass is 10.1. The van der Waals surface area contributed by atoms with E-state index < -0.39 is 17.6 Å². The first-order valence-electron chi connectivity index (χ1n) is 5.75. The summed E-state index contributed by atoms with van der Waals surface area (Å²) in [5, 5.41) is 11.0. The van der Waals surface area contributed by atoms with Gasteiger partial charge in [-0.1, -0.05) is 6.07 Å². The highest BCUT2D eigenvalue weighted by atomic mass is 19.4. The topological polar surface area (TPSA) is 65.8 Å². The quantitative estimate of drug-likeness (QED) is 0.923. The van der Waals surface area contributed by atoms with Crippen molar-refractivity contribution >= 4 is 11.7 Å². The highest BCUT2D eigenvalue weighted by molar-refractivity contribution is 6.03. The molecule has 0 bridgehead atoms. The number of hydrogen-bond donors (Lipinski definition) is 1. The highest BCUT2D eigenvalue weighted by Crippen LogP contribution is 2.29. The maximum Gasteiger partial charge on any atom is 0.416 e. The molecule has 0 fully saturated rings. The third-order valence-electron chi connectivity index (χ3n) is 2.59. The number of nitriles is 1. The van der Waals surface area contributed by atoms with Crippen molar-refractivity contribution in [3.05, 3.63) is 59.3 Å². The Morgan fingerprint density at radius 3 is 2.57 bits per heavy atom. The van der Waals surface area contributed by atoms with Crippen molar-refractivity contribution < 1.29 is 18.0 Å². The van der Waals surface area contributed by atoms with E-state index in [0.29, 0.717) is 5.56 Å². The van der Waals surface area contributed by atoms with Crippen molar-refractivity contribution in [2.75, 3.05) is 5.32 Å². The van der Waals surface area contributed by atoms with Crippen molar-refractivity contribution in [3.63, 3.8) is 0 Å². The molecule has 4 nitrogen and oxygen atoms in total. The normalized spacial score (nSPS) is 10.8. The molecular formula is C14H8F3N3O. The van der Waals surface area contributed by atoms with Gasteiger partial charge < -0.3 is 5.32 Å². The van der Waals surface area contributed by atoms with E-state index in [-0.39, 0.29) is 11.4 Å². The minimum atomic E-state index is -4.51. The third-order valence-corrected chi connectivity index (χ3v) is 2.59. The second-order valence-electron chi connectivity index (χ2n) is 4.08. The Bertz CT molecular complexity index is 703. The van der Waals surface area contributed by atoms with Gasteiger partial charge in [-0.15, -0.1) is 0 Å². The van der Waals surface area contributed by atoms with Crippen LogP contribution in [0.4, 0.5) is 19.0 Å². The Balaban J connectivity index is 2.18. The van der Waals surface area contributed by atoms with Crippen LogP contribution < -0.4 is 5.32 Å². The van der Waals surface area contributed by atoms with Gasteiger partial charge in [0, 0.05) is 11.8 Å². The van der Waals surface area contributed by atoms with Crippen LogP contribution in [0.3, 0.4) is 0 Å². The molecule has 1 amide bonds. The van der Waals surface area contributed by atoms with Crippen molar-refractivity contribution in [1.29, 1.82) is 5.26 Å². The minimum Gasteiger partial charge on any atom is -0.307 e. The molecular weight excluding hydrogens is 283 g/mol. The molecule has 0 saturated carbocycles. The van der Waals surface area contributed by atoms with Crippen molar-refractivity contribution in [3.8, 4) is 6.07 Å². The van der Waals surface area contributed by atoms with Crippen LogP contribution in [-0.2, 0) is 6.18 Å². The monoisotopic (exact) mass is 291 g/mol.